The maximum Gasteiger partial charge on any atom is 0.335 e. The normalized spacial score (nSPS) is 16.1. The van der Waals surface area contributed by atoms with Gasteiger partial charge in [0.15, 0.2) is 10.2 Å². The Morgan fingerprint density at radius 2 is 0.913 bits per heavy atom. The van der Waals surface area contributed by atoms with Crippen molar-refractivity contribution in [2.24, 2.45) is 17.5 Å². The predicted octanol–water partition coefficient (Wildman–Crippen LogP) is 13.8. The highest BCUT2D eigenvalue weighted by Crippen LogP contribution is 2.26. The molecule has 3 atom stereocenters. The Morgan fingerprint density at radius 1 is 0.580 bits per heavy atom. The first-order valence-electron chi connectivity index (χ1n) is 48.2. The summed E-state index contributed by atoms with van der Waals surface area (Å²) in [6, 6.07) is 47.1. The molecule has 14 rings (SSSR count). The van der Waals surface area contributed by atoms with Gasteiger partial charge in [0, 0.05) is 181 Å². The molecule has 0 aromatic heterocycles. The number of benzene rings is 7. The van der Waals surface area contributed by atoms with E-state index in [2.05, 4.69) is 162 Å². The molecule has 138 heavy (non-hydrogen) atoms. The molecule has 0 spiro atoms. The van der Waals surface area contributed by atoms with E-state index >= 15 is 0 Å². The number of nitrogens with two attached hydrogens (primary N) is 4. The summed E-state index contributed by atoms with van der Waals surface area (Å²) in [6.45, 7) is 46.9. The van der Waals surface area contributed by atoms with Crippen LogP contribution in [-0.4, -0.2) is 263 Å². The number of nitrogens with zero attached hydrogens (tertiary/aromatic N) is 7. The van der Waals surface area contributed by atoms with Crippen molar-refractivity contribution in [1.82, 2.24) is 40.8 Å². The smallest absolute Gasteiger partial charge is 0.335 e. The fraction of sp³-hybridized carbons (Fsp3) is 0.525. The lowest BCUT2D eigenvalue weighted by molar-refractivity contribution is -0.384. The number of carboxylic acid groups (broad SMARTS) is 1. The van der Waals surface area contributed by atoms with Crippen LogP contribution in [0.25, 0.3) is 0 Å². The molecule has 33 nitrogen and oxygen atoms in total. The highest BCUT2D eigenvalue weighted by atomic mass is 32.2. The van der Waals surface area contributed by atoms with Gasteiger partial charge in [-0.3, -0.25) is 66.7 Å². The van der Waals surface area contributed by atoms with Crippen LogP contribution in [0.2, 0.25) is 0 Å². The Labute approximate surface area is 838 Å². The minimum atomic E-state index is -1.53. The quantitative estimate of drug-likeness (QED) is 0.00493. The van der Waals surface area contributed by atoms with Crippen LogP contribution < -0.4 is 50.2 Å². The second kappa shape index (κ2) is 78.3. The summed E-state index contributed by atoms with van der Waals surface area (Å²) in [4.78, 5) is 56.3. The van der Waals surface area contributed by atoms with Crippen LogP contribution in [0.1, 0.15) is 192 Å². The number of amides is 1. The summed E-state index contributed by atoms with van der Waals surface area (Å²) in [7, 11) is 1.00. The standard InChI is InChI=1S/C24H32N4O2S.C12H18N4OS.C12H14N2OS.C12H16O2.C11H14N2O3.C11H16N2O.C5H9FO.C4H8O2.C4H8O.C3H8.C2H6O.CH4O.H4N2.H2O/c1-16(2)21-14-22(18(4)13-17(21)3)23(29)26-27-24(31)25-20-7-5-19(6-8-20)15-28-9-11-30-12-10-28;13-15-12(18)14-11-3-1-10(2-4-11)9-16-5-7-17-8-6-16;13-10-16-12-3-1-11(2-4-12)9-14-5-7-15-8-6-14;1-7(2)10-6-11(12(13)14)9(4)5-8(10)3;14-13(15)11-3-1-10(2-4-11)9-12-5-7-16-8-6-12;12-11-3-1-10(2-4-11)9-13-5-7-14-8-6-13;6-4-5-2-1-3-7-5;1-3-6-4(2)5;1-2-4-5-3-1;1-3-2;1-2-3;2*1-2;/h5-8,13-14,16H,9-12,15H2,1-4H3,(H,26,29)(H2,25,27,31);1-4H,5-9,13H2,(H2,14,15,18);1-4H,5-9H2;5-7H,1-4H3,(H,13,14);1-4H,5-9H2;1-4H,5-9,12H2;5H,1-4H2;3H2,1-2H3;1-4H2;3H2,1-2H3;3H,2H2,1H3;2H,1H3;1-2H2;1H2/i;;;;;;4D;;;1TD;;;;. The molecule has 0 radical (unpaired) electrons. The zero-order chi connectivity index (χ0) is 104. The average Bonchev–Trinajstić information content (AvgIpc) is 1.00. The molecule has 0 bridgehead atoms. The van der Waals surface area contributed by atoms with E-state index in [1.807, 2.05) is 100 Å². The Balaban J connectivity index is 0.000000809. The second-order valence-electron chi connectivity index (χ2n) is 32.3. The van der Waals surface area contributed by atoms with Crippen molar-refractivity contribution in [3.63, 3.8) is 0 Å². The lowest BCUT2D eigenvalue weighted by atomic mass is 9.93. The van der Waals surface area contributed by atoms with Gasteiger partial charge in [0.25, 0.3) is 11.6 Å². The number of carboxylic acids is 1. The van der Waals surface area contributed by atoms with Gasteiger partial charge < -0.3 is 80.5 Å². The van der Waals surface area contributed by atoms with E-state index in [0.29, 0.717) is 59.2 Å². The average molecular weight is 1990 g/mol. The molecule has 770 valence electrons. The summed E-state index contributed by atoms with van der Waals surface area (Å²) < 4.78 is 72.3. The number of nitrogens with one attached hydrogen (secondary N) is 5. The number of hydrazine groups is 3. The molecule has 7 heterocycles. The first-order chi connectivity index (χ1) is 67.3. The number of thiocarbonyl (C=S) groups is 2. The molecule has 7 aliphatic heterocycles. The molecule has 7 saturated heterocycles. The molecule has 0 aliphatic carbocycles. The SMILES string of the molecule is C1CCOC1.CCO.CCOC(C)=O.CO.Cc1cc(C)c(C(C)C)cc1C(=O)NNC(=S)Nc1ccc(CN2CCOCC2)cc1.Cc1cc(C)c(C(C)C)cc1C(=O)O.N#CSc1ccc(CN2CCOCC2)cc1.NN.NNC(=S)Nc1ccc(CN2CCOCC2)cc1.Nc1ccc(CN2CCOCC2)cc1.O.O=[N+]([O-])c1ccc(CN2CCOCC2)cc1.[2H]C(F)C1CCCO1.[2H]C([3H])CC. The number of halogens is 1. The number of non-ortho nitro benzene ring substituents is 1. The first-order valence-corrected chi connectivity index (χ1v) is 48.1. The van der Waals surface area contributed by atoms with Crippen molar-refractivity contribution < 1.29 is 86.5 Å². The number of esters is 1. The molecular weight excluding hydrogens is 1820 g/mol. The van der Waals surface area contributed by atoms with E-state index in [-0.39, 0.29) is 34.6 Å². The number of alkyl halides is 1. The third-order valence-electron chi connectivity index (χ3n) is 20.8. The van der Waals surface area contributed by atoms with Gasteiger partial charge in [-0.1, -0.05) is 121 Å². The van der Waals surface area contributed by atoms with E-state index in [1.54, 1.807) is 32.0 Å². The largest absolute Gasteiger partial charge is 0.478 e. The van der Waals surface area contributed by atoms with Crippen molar-refractivity contribution in [3.05, 3.63) is 228 Å². The zero-order valence-electron chi connectivity index (χ0n) is 86.2. The number of thiocyanates is 1. The third-order valence-corrected chi connectivity index (χ3v) is 21.9. The number of nitrogen functional groups attached to an aromatic ring is 1. The molecule has 7 aromatic carbocycles. The van der Waals surface area contributed by atoms with E-state index in [0.717, 1.165) is 235 Å². The monoisotopic (exact) mass is 1990 g/mol. The van der Waals surface area contributed by atoms with Crippen LogP contribution in [0.5, 0.6) is 0 Å². The van der Waals surface area contributed by atoms with Gasteiger partial charge in [0.05, 0.1) is 90.6 Å². The summed E-state index contributed by atoms with van der Waals surface area (Å²) in [5, 5.41) is 51.5. The molecule has 1 amide bonds. The maximum absolute atomic E-state index is 12.7. The number of aliphatic hydroxyl groups is 2. The maximum atomic E-state index is 12.7. The number of aromatic carboxylic acids is 1. The number of aryl methyl sites for hydroxylation is 4. The number of nitriles is 1. The van der Waals surface area contributed by atoms with Crippen LogP contribution in [0, 0.1) is 48.5 Å². The van der Waals surface area contributed by atoms with Gasteiger partial charge in [-0.2, -0.15) is 5.26 Å². The number of hydrogen-bond acceptors (Lipinski definition) is 28. The molecular formula is C101H159FN16O17S3. The molecule has 18 N–H and O–H groups in total. The van der Waals surface area contributed by atoms with E-state index < -0.39 is 25.6 Å². The molecule has 0 saturated carbocycles. The van der Waals surface area contributed by atoms with Crippen LogP contribution >= 0.6 is 36.2 Å². The number of aliphatic hydroxyl groups excluding tert-OH is 2. The van der Waals surface area contributed by atoms with Gasteiger partial charge in [0.2, 0.25) is 0 Å². The van der Waals surface area contributed by atoms with Crippen LogP contribution in [0.4, 0.5) is 27.1 Å². The molecule has 37 heteroatoms. The van der Waals surface area contributed by atoms with Gasteiger partial charge >= 0.3 is 11.9 Å². The van der Waals surface area contributed by atoms with Gasteiger partial charge in [-0.05, 0) is 237 Å². The number of carbonyl (C=O) groups is 3. The molecule has 7 aromatic rings. The lowest BCUT2D eigenvalue weighted by Crippen LogP contribution is -2.44. The number of ether oxygens (including phenoxy) is 8. The van der Waals surface area contributed by atoms with Crippen LogP contribution in [0.3, 0.4) is 0 Å². The number of nitro groups is 1. The number of hydrogen-bond donors (Lipinski definition) is 12. The van der Waals surface area contributed by atoms with Gasteiger partial charge in [-0.25, -0.2) is 15.0 Å². The highest BCUT2D eigenvalue weighted by Gasteiger charge is 2.20. The van der Waals surface area contributed by atoms with Crippen molar-refractivity contribution in [2.75, 3.05) is 195 Å². The minimum Gasteiger partial charge on any atom is -0.478 e. The van der Waals surface area contributed by atoms with Crippen molar-refractivity contribution in [1.29, 1.82) is 5.26 Å². The zero-order valence-corrected chi connectivity index (χ0v) is 85.6. The predicted molar refractivity (Wildman–Crippen MR) is 559 cm³/mol. The topological polar surface area (TPSA) is 465 Å². The number of anilines is 3. The van der Waals surface area contributed by atoms with E-state index in [9.17, 15) is 28.9 Å². The Kier molecular flexibility index (Phi) is 68.6. The summed E-state index contributed by atoms with van der Waals surface area (Å²) >= 11 is 11.5. The fourth-order valence-corrected chi connectivity index (χ4v) is 14.6. The van der Waals surface area contributed by atoms with E-state index in [1.165, 1.54) is 70.5 Å². The number of morpholine rings is 5. The van der Waals surface area contributed by atoms with Gasteiger partial charge in [0.1, 0.15) is 12.1 Å². The summed E-state index contributed by atoms with van der Waals surface area (Å²) in [5.74, 6) is 12.7. The summed E-state index contributed by atoms with van der Waals surface area (Å²) in [5.41, 5.74) is 30.0. The number of rotatable bonds is 20. The molecule has 3 unspecified atom stereocenters. The van der Waals surface area contributed by atoms with Crippen molar-refractivity contribution in [3.8, 4) is 5.40 Å². The Morgan fingerprint density at radius 3 is 1.19 bits per heavy atom. The number of carbonyl (C=O) groups excluding carboxylic acids is 2. The number of nitro benzene ring substituents is 1. The van der Waals surface area contributed by atoms with E-state index in [4.69, 9.17) is 93.9 Å². The lowest BCUT2D eigenvalue weighted by Gasteiger charge is -2.26. The van der Waals surface area contributed by atoms with Crippen LogP contribution in [0.15, 0.2) is 150 Å². The number of thioether (sulfide) groups is 1. The van der Waals surface area contributed by atoms with Crippen molar-refractivity contribution in [2.45, 2.75) is 178 Å². The molecule has 7 aliphatic rings. The molecule has 7 fully saturated rings. The Bertz CT molecular complexity index is 4550. The van der Waals surface area contributed by atoms with Crippen molar-refractivity contribution >= 4 is 87.0 Å². The minimum absolute atomic E-state index is 0. The fourth-order valence-electron chi connectivity index (χ4n) is 13.9. The van der Waals surface area contributed by atoms with Gasteiger partial charge in [-0.15, -0.1) is 0 Å². The second-order valence-corrected chi connectivity index (χ2v) is 34.0. The highest BCUT2D eigenvalue weighted by molar-refractivity contribution is 8.03. The Hall–Kier alpha value is -9.42. The summed E-state index contributed by atoms with van der Waals surface area (Å²) in [6.07, 6.45) is 4.38. The van der Waals surface area contributed by atoms with Crippen LogP contribution in [-0.2, 0) is 75.4 Å². The third kappa shape index (κ3) is 56.7. The first kappa shape index (κ1) is 121.